The number of anilines is 1. The molecule has 0 aliphatic heterocycles. The highest BCUT2D eigenvalue weighted by Crippen LogP contribution is 2.26. The van der Waals surface area contributed by atoms with E-state index in [2.05, 4.69) is 14.7 Å². The van der Waals surface area contributed by atoms with E-state index in [1.807, 2.05) is 18.2 Å². The van der Waals surface area contributed by atoms with E-state index in [4.69, 9.17) is 16.3 Å². The Bertz CT molecular complexity index is 901. The Morgan fingerprint density at radius 3 is 2.88 bits per heavy atom. The third-order valence-corrected chi connectivity index (χ3v) is 4.19. The minimum Gasteiger partial charge on any atom is -0.497 e. The Morgan fingerprint density at radius 1 is 1.29 bits per heavy atom. The van der Waals surface area contributed by atoms with E-state index in [0.29, 0.717) is 11.6 Å². The molecule has 1 heterocycles. The smallest absolute Gasteiger partial charge is 0.259 e. The van der Waals surface area contributed by atoms with Gasteiger partial charge >= 0.3 is 0 Å². The van der Waals surface area contributed by atoms with Crippen molar-refractivity contribution in [3.05, 3.63) is 58.9 Å². The van der Waals surface area contributed by atoms with Crippen LogP contribution in [0.1, 0.15) is 10.4 Å². The molecule has 5 nitrogen and oxygen atoms in total. The van der Waals surface area contributed by atoms with Gasteiger partial charge in [0.25, 0.3) is 5.91 Å². The number of aromatic nitrogens is 2. The van der Waals surface area contributed by atoms with Gasteiger partial charge in [0.05, 0.1) is 17.7 Å². The number of carbonyl (C=O) groups is 1. The molecule has 0 saturated carbocycles. The first-order valence-corrected chi connectivity index (χ1v) is 7.97. The standard InChI is InChI=1S/C16H11ClFN3O2S/c1-23-10-5-2-4-9(8-10)14-19-16(24-21-14)20-15(22)11-6-3-7-12(18)13(11)17/h2-8H,1H3,(H,19,20,21,22). The molecule has 3 rings (SSSR count). The summed E-state index contributed by atoms with van der Waals surface area (Å²) >= 11 is 6.83. The lowest BCUT2D eigenvalue weighted by Crippen LogP contribution is -2.12. The Morgan fingerprint density at radius 2 is 2.08 bits per heavy atom. The minimum absolute atomic E-state index is 0.0368. The van der Waals surface area contributed by atoms with E-state index in [-0.39, 0.29) is 15.7 Å². The summed E-state index contributed by atoms with van der Waals surface area (Å²) in [6, 6.07) is 11.3. The molecule has 0 aliphatic carbocycles. The maximum absolute atomic E-state index is 13.4. The van der Waals surface area contributed by atoms with E-state index in [0.717, 1.165) is 17.1 Å². The third kappa shape index (κ3) is 3.37. The van der Waals surface area contributed by atoms with Crippen molar-refractivity contribution in [1.82, 2.24) is 9.36 Å². The van der Waals surface area contributed by atoms with Crippen molar-refractivity contribution in [2.75, 3.05) is 12.4 Å². The SMILES string of the molecule is COc1cccc(-c2nsc(NC(=O)c3cccc(F)c3Cl)n2)c1. The molecule has 0 aliphatic rings. The van der Waals surface area contributed by atoms with Crippen LogP contribution in [0.2, 0.25) is 5.02 Å². The van der Waals surface area contributed by atoms with Crippen LogP contribution >= 0.6 is 23.1 Å². The summed E-state index contributed by atoms with van der Waals surface area (Å²) in [5, 5.41) is 2.63. The summed E-state index contributed by atoms with van der Waals surface area (Å²) in [5.41, 5.74) is 0.796. The molecule has 0 bridgehead atoms. The summed E-state index contributed by atoms with van der Waals surface area (Å²) in [5.74, 6) is -0.0644. The van der Waals surface area contributed by atoms with Gasteiger partial charge in [0.1, 0.15) is 11.6 Å². The van der Waals surface area contributed by atoms with Crippen LogP contribution in [0.15, 0.2) is 42.5 Å². The molecule has 0 saturated heterocycles. The second-order valence-electron chi connectivity index (χ2n) is 4.71. The number of hydrogen-bond acceptors (Lipinski definition) is 5. The molecule has 122 valence electrons. The average molecular weight is 364 g/mol. The van der Waals surface area contributed by atoms with Gasteiger partial charge in [-0.05, 0) is 24.3 Å². The van der Waals surface area contributed by atoms with Crippen LogP contribution in [0.3, 0.4) is 0 Å². The van der Waals surface area contributed by atoms with Gasteiger partial charge in [-0.3, -0.25) is 10.1 Å². The first-order valence-electron chi connectivity index (χ1n) is 6.82. The summed E-state index contributed by atoms with van der Waals surface area (Å²) in [6.07, 6.45) is 0. The number of benzene rings is 2. The van der Waals surface area contributed by atoms with Crippen molar-refractivity contribution < 1.29 is 13.9 Å². The van der Waals surface area contributed by atoms with Crippen LogP contribution in [-0.4, -0.2) is 22.4 Å². The van der Waals surface area contributed by atoms with Crippen LogP contribution in [0.25, 0.3) is 11.4 Å². The largest absolute Gasteiger partial charge is 0.497 e. The Hall–Kier alpha value is -2.51. The van der Waals surface area contributed by atoms with Gasteiger partial charge in [-0.1, -0.05) is 29.8 Å². The fourth-order valence-electron chi connectivity index (χ4n) is 2.00. The second-order valence-corrected chi connectivity index (χ2v) is 5.84. The highest BCUT2D eigenvalue weighted by Gasteiger charge is 2.16. The van der Waals surface area contributed by atoms with Gasteiger partial charge in [0.2, 0.25) is 5.13 Å². The van der Waals surface area contributed by atoms with Crippen LogP contribution < -0.4 is 10.1 Å². The van der Waals surface area contributed by atoms with Crippen molar-refractivity contribution >= 4 is 34.2 Å². The van der Waals surface area contributed by atoms with Crippen LogP contribution in [0.4, 0.5) is 9.52 Å². The van der Waals surface area contributed by atoms with Gasteiger partial charge < -0.3 is 4.74 Å². The van der Waals surface area contributed by atoms with E-state index in [9.17, 15) is 9.18 Å². The lowest BCUT2D eigenvalue weighted by Gasteiger charge is -2.04. The second kappa shape index (κ2) is 6.94. The molecule has 0 atom stereocenters. The number of nitrogens with one attached hydrogen (secondary N) is 1. The molecule has 0 unspecified atom stereocenters. The molecule has 8 heteroatoms. The van der Waals surface area contributed by atoms with Crippen molar-refractivity contribution in [1.29, 1.82) is 0 Å². The Balaban J connectivity index is 1.81. The highest BCUT2D eigenvalue weighted by atomic mass is 35.5. The van der Waals surface area contributed by atoms with Crippen molar-refractivity contribution in [3.8, 4) is 17.1 Å². The fourth-order valence-corrected chi connectivity index (χ4v) is 2.79. The third-order valence-electron chi connectivity index (χ3n) is 3.17. The summed E-state index contributed by atoms with van der Waals surface area (Å²) in [4.78, 5) is 16.4. The van der Waals surface area contributed by atoms with Crippen LogP contribution in [0, 0.1) is 5.82 Å². The fraction of sp³-hybridized carbons (Fsp3) is 0.0625. The number of halogens is 2. The lowest BCUT2D eigenvalue weighted by molar-refractivity contribution is 0.102. The zero-order valence-electron chi connectivity index (χ0n) is 12.4. The van der Waals surface area contributed by atoms with Gasteiger partial charge in [-0.25, -0.2) is 4.39 Å². The number of nitrogens with zero attached hydrogens (tertiary/aromatic N) is 2. The summed E-state index contributed by atoms with van der Waals surface area (Å²) in [7, 11) is 1.57. The number of hydrogen-bond donors (Lipinski definition) is 1. The number of amides is 1. The first kappa shape index (κ1) is 16.4. The summed E-state index contributed by atoms with van der Waals surface area (Å²) in [6.45, 7) is 0. The van der Waals surface area contributed by atoms with Gasteiger partial charge in [-0.15, -0.1) is 0 Å². The maximum Gasteiger partial charge on any atom is 0.259 e. The number of rotatable bonds is 4. The quantitative estimate of drug-likeness (QED) is 0.752. The highest BCUT2D eigenvalue weighted by molar-refractivity contribution is 7.10. The molecule has 3 aromatic rings. The molecule has 24 heavy (non-hydrogen) atoms. The number of ether oxygens (including phenoxy) is 1. The first-order chi connectivity index (χ1) is 11.6. The molecule has 1 N–H and O–H groups in total. The molecule has 0 radical (unpaired) electrons. The normalized spacial score (nSPS) is 10.5. The molecule has 0 spiro atoms. The molecule has 1 amide bonds. The van der Waals surface area contributed by atoms with E-state index < -0.39 is 11.7 Å². The van der Waals surface area contributed by atoms with E-state index >= 15 is 0 Å². The van der Waals surface area contributed by atoms with E-state index in [1.54, 1.807) is 13.2 Å². The minimum atomic E-state index is -0.654. The van der Waals surface area contributed by atoms with Crippen molar-refractivity contribution in [3.63, 3.8) is 0 Å². The Kier molecular flexibility index (Phi) is 4.73. The topological polar surface area (TPSA) is 64.1 Å². The number of methoxy groups -OCH3 is 1. The Labute approximate surface area is 146 Å². The molecular formula is C16H11ClFN3O2S. The monoisotopic (exact) mass is 363 g/mol. The zero-order valence-corrected chi connectivity index (χ0v) is 14.0. The predicted octanol–water partition coefficient (Wildman–Crippen LogP) is 4.26. The van der Waals surface area contributed by atoms with Crippen molar-refractivity contribution in [2.24, 2.45) is 0 Å². The van der Waals surface area contributed by atoms with Gasteiger partial charge in [0, 0.05) is 17.1 Å². The van der Waals surface area contributed by atoms with Gasteiger partial charge in [-0.2, -0.15) is 9.36 Å². The zero-order chi connectivity index (χ0) is 17.1. The van der Waals surface area contributed by atoms with Gasteiger partial charge in [0.15, 0.2) is 5.82 Å². The van der Waals surface area contributed by atoms with Crippen LogP contribution in [-0.2, 0) is 0 Å². The van der Waals surface area contributed by atoms with Crippen LogP contribution in [0.5, 0.6) is 5.75 Å². The summed E-state index contributed by atoms with van der Waals surface area (Å²) < 4.78 is 22.8. The molecule has 2 aromatic carbocycles. The molecular weight excluding hydrogens is 353 g/mol. The number of carbonyl (C=O) groups excluding carboxylic acids is 1. The predicted molar refractivity (Wildman–Crippen MR) is 91.3 cm³/mol. The average Bonchev–Trinajstić information content (AvgIpc) is 3.06. The molecule has 0 fully saturated rings. The molecule has 1 aromatic heterocycles. The lowest BCUT2D eigenvalue weighted by atomic mass is 10.2. The van der Waals surface area contributed by atoms with E-state index in [1.165, 1.54) is 18.2 Å². The maximum atomic E-state index is 13.4. The van der Waals surface area contributed by atoms with Crippen molar-refractivity contribution in [2.45, 2.75) is 0 Å².